The van der Waals surface area contributed by atoms with E-state index in [1.807, 2.05) is 12.1 Å². The van der Waals surface area contributed by atoms with Gasteiger partial charge in [0.05, 0.1) is 0 Å². The lowest BCUT2D eigenvalue weighted by Gasteiger charge is -2.11. The number of carboxylic acids is 1. The number of amides is 1. The maximum atomic E-state index is 11.6. The van der Waals surface area contributed by atoms with Crippen LogP contribution < -0.4 is 5.32 Å². The standard InChI is InChI=1S/C13H16ClNO3S/c1-2-11(13(17)18)15-12(16)7-8-19-10-5-3-9(14)4-6-10/h3-6,11H,2,7-8H2,1H3,(H,15,16)(H,17,18)/t11-/m1/s1. The van der Waals surface area contributed by atoms with E-state index in [0.717, 1.165) is 4.90 Å². The van der Waals surface area contributed by atoms with Gasteiger partial charge in [0.1, 0.15) is 6.04 Å². The molecule has 0 aliphatic rings. The lowest BCUT2D eigenvalue weighted by Crippen LogP contribution is -2.40. The molecule has 0 saturated carbocycles. The minimum absolute atomic E-state index is 0.240. The van der Waals surface area contributed by atoms with E-state index < -0.39 is 12.0 Å². The molecule has 0 aromatic heterocycles. The summed E-state index contributed by atoms with van der Waals surface area (Å²) in [5, 5.41) is 12.0. The zero-order valence-corrected chi connectivity index (χ0v) is 12.1. The molecular formula is C13H16ClNO3S. The second-order valence-electron chi connectivity index (χ2n) is 3.92. The Hall–Kier alpha value is -1.20. The van der Waals surface area contributed by atoms with Crippen molar-refractivity contribution >= 4 is 35.2 Å². The Bertz CT molecular complexity index is 436. The zero-order chi connectivity index (χ0) is 14.3. The number of carboxylic acid groups (broad SMARTS) is 1. The third-order valence-electron chi connectivity index (χ3n) is 2.45. The first-order valence-corrected chi connectivity index (χ1v) is 7.29. The van der Waals surface area contributed by atoms with Gasteiger partial charge in [-0.2, -0.15) is 0 Å². The molecule has 104 valence electrons. The molecular weight excluding hydrogens is 286 g/mol. The van der Waals surface area contributed by atoms with Crippen LogP contribution in [0.4, 0.5) is 0 Å². The highest BCUT2D eigenvalue weighted by molar-refractivity contribution is 7.99. The van der Waals surface area contributed by atoms with Gasteiger partial charge in [0.25, 0.3) is 0 Å². The van der Waals surface area contributed by atoms with E-state index in [-0.39, 0.29) is 12.3 Å². The molecule has 0 aliphatic carbocycles. The predicted octanol–water partition coefficient (Wildman–Crippen LogP) is 2.80. The number of carbonyl (C=O) groups is 2. The molecule has 0 spiro atoms. The zero-order valence-electron chi connectivity index (χ0n) is 10.6. The molecule has 6 heteroatoms. The normalized spacial score (nSPS) is 11.9. The summed E-state index contributed by atoms with van der Waals surface area (Å²) in [6.07, 6.45) is 0.669. The lowest BCUT2D eigenvalue weighted by molar-refractivity contribution is -0.141. The van der Waals surface area contributed by atoms with E-state index >= 15 is 0 Å². The Kier molecular flexibility index (Phi) is 6.73. The lowest BCUT2D eigenvalue weighted by atomic mass is 10.2. The number of hydrogen-bond donors (Lipinski definition) is 2. The van der Waals surface area contributed by atoms with Gasteiger partial charge in [-0.15, -0.1) is 11.8 Å². The SMILES string of the molecule is CC[C@@H](NC(=O)CCSc1ccc(Cl)cc1)C(=O)O. The number of hydrogen-bond acceptors (Lipinski definition) is 3. The molecule has 2 N–H and O–H groups in total. The van der Waals surface area contributed by atoms with Crippen molar-refractivity contribution < 1.29 is 14.7 Å². The van der Waals surface area contributed by atoms with Crippen LogP contribution in [-0.2, 0) is 9.59 Å². The number of carbonyl (C=O) groups excluding carboxylic acids is 1. The maximum Gasteiger partial charge on any atom is 0.326 e. The van der Waals surface area contributed by atoms with Crippen molar-refractivity contribution in [1.82, 2.24) is 5.32 Å². The van der Waals surface area contributed by atoms with E-state index in [4.69, 9.17) is 16.7 Å². The van der Waals surface area contributed by atoms with Crippen LogP contribution in [0.25, 0.3) is 0 Å². The van der Waals surface area contributed by atoms with Gasteiger partial charge in [-0.3, -0.25) is 4.79 Å². The monoisotopic (exact) mass is 301 g/mol. The summed E-state index contributed by atoms with van der Waals surface area (Å²) >= 11 is 7.30. The Morgan fingerprint density at radius 3 is 2.53 bits per heavy atom. The van der Waals surface area contributed by atoms with Gasteiger partial charge >= 0.3 is 5.97 Å². The number of thioether (sulfide) groups is 1. The first-order chi connectivity index (χ1) is 9.02. The largest absolute Gasteiger partial charge is 0.480 e. The van der Waals surface area contributed by atoms with E-state index in [1.165, 1.54) is 11.8 Å². The first-order valence-electron chi connectivity index (χ1n) is 5.93. The van der Waals surface area contributed by atoms with Gasteiger partial charge in [0.15, 0.2) is 0 Å². The highest BCUT2D eigenvalue weighted by atomic mass is 35.5. The van der Waals surface area contributed by atoms with Gasteiger partial charge in [0, 0.05) is 22.1 Å². The minimum atomic E-state index is -0.999. The van der Waals surface area contributed by atoms with Crippen molar-refractivity contribution in [2.24, 2.45) is 0 Å². The summed E-state index contributed by atoms with van der Waals surface area (Å²) in [4.78, 5) is 23.3. The molecule has 1 amide bonds. The molecule has 0 saturated heterocycles. The molecule has 1 aromatic carbocycles. The van der Waals surface area contributed by atoms with Gasteiger partial charge < -0.3 is 10.4 Å². The number of halogens is 1. The molecule has 0 heterocycles. The van der Waals surface area contributed by atoms with Crippen LogP contribution in [0, 0.1) is 0 Å². The summed E-state index contributed by atoms with van der Waals surface area (Å²) in [7, 11) is 0. The Morgan fingerprint density at radius 2 is 2.00 bits per heavy atom. The van der Waals surface area contributed by atoms with Crippen LogP contribution in [0.3, 0.4) is 0 Å². The summed E-state index contributed by atoms with van der Waals surface area (Å²) < 4.78 is 0. The number of rotatable bonds is 7. The average Bonchev–Trinajstić information content (AvgIpc) is 2.38. The highest BCUT2D eigenvalue weighted by Gasteiger charge is 2.16. The average molecular weight is 302 g/mol. The smallest absolute Gasteiger partial charge is 0.326 e. The van der Waals surface area contributed by atoms with Crippen LogP contribution >= 0.6 is 23.4 Å². The predicted molar refractivity (Wildman–Crippen MR) is 76.7 cm³/mol. The molecule has 0 bridgehead atoms. The Balaban J connectivity index is 2.30. The van der Waals surface area contributed by atoms with E-state index in [9.17, 15) is 9.59 Å². The van der Waals surface area contributed by atoms with Gasteiger partial charge in [-0.1, -0.05) is 18.5 Å². The third kappa shape index (κ3) is 5.98. The Morgan fingerprint density at radius 1 is 1.37 bits per heavy atom. The van der Waals surface area contributed by atoms with Crippen molar-refractivity contribution in [2.75, 3.05) is 5.75 Å². The molecule has 0 unspecified atom stereocenters. The molecule has 0 fully saturated rings. The van der Waals surface area contributed by atoms with Crippen LogP contribution in [0.2, 0.25) is 5.02 Å². The summed E-state index contributed by atoms with van der Waals surface area (Å²) in [5.41, 5.74) is 0. The molecule has 1 aromatic rings. The third-order valence-corrected chi connectivity index (χ3v) is 3.72. The quantitative estimate of drug-likeness (QED) is 0.760. The van der Waals surface area contributed by atoms with E-state index in [2.05, 4.69) is 5.32 Å². The molecule has 4 nitrogen and oxygen atoms in total. The fraction of sp³-hybridized carbons (Fsp3) is 0.385. The maximum absolute atomic E-state index is 11.6. The fourth-order valence-electron chi connectivity index (χ4n) is 1.40. The molecule has 0 radical (unpaired) electrons. The second kappa shape index (κ2) is 8.07. The molecule has 19 heavy (non-hydrogen) atoms. The Labute approximate surface area is 121 Å². The van der Waals surface area contributed by atoms with E-state index in [1.54, 1.807) is 19.1 Å². The van der Waals surface area contributed by atoms with Crippen LogP contribution in [0.1, 0.15) is 19.8 Å². The highest BCUT2D eigenvalue weighted by Crippen LogP contribution is 2.20. The number of nitrogens with one attached hydrogen (secondary N) is 1. The van der Waals surface area contributed by atoms with Crippen LogP contribution in [0.5, 0.6) is 0 Å². The van der Waals surface area contributed by atoms with Crippen molar-refractivity contribution in [3.8, 4) is 0 Å². The van der Waals surface area contributed by atoms with E-state index in [0.29, 0.717) is 17.2 Å². The number of aliphatic carboxylic acids is 1. The number of benzene rings is 1. The summed E-state index contributed by atoms with van der Waals surface area (Å²) in [6.45, 7) is 1.72. The summed E-state index contributed by atoms with van der Waals surface area (Å²) in [6, 6.07) is 6.56. The fourth-order valence-corrected chi connectivity index (χ4v) is 2.38. The van der Waals surface area contributed by atoms with Crippen LogP contribution in [0.15, 0.2) is 29.2 Å². The van der Waals surface area contributed by atoms with Crippen molar-refractivity contribution in [3.05, 3.63) is 29.3 Å². The van der Waals surface area contributed by atoms with Crippen molar-refractivity contribution in [1.29, 1.82) is 0 Å². The van der Waals surface area contributed by atoms with Gasteiger partial charge in [0.2, 0.25) is 5.91 Å². The molecule has 1 rings (SSSR count). The van der Waals surface area contributed by atoms with Gasteiger partial charge in [-0.05, 0) is 30.7 Å². The van der Waals surface area contributed by atoms with Gasteiger partial charge in [-0.25, -0.2) is 4.79 Å². The van der Waals surface area contributed by atoms with Crippen molar-refractivity contribution in [3.63, 3.8) is 0 Å². The minimum Gasteiger partial charge on any atom is -0.480 e. The summed E-state index contributed by atoms with van der Waals surface area (Å²) in [5.74, 6) is -0.638. The molecule has 0 aliphatic heterocycles. The van der Waals surface area contributed by atoms with Crippen LogP contribution in [-0.4, -0.2) is 28.8 Å². The van der Waals surface area contributed by atoms with Crippen molar-refractivity contribution in [2.45, 2.75) is 30.7 Å². The first kappa shape index (κ1) is 15.9. The topological polar surface area (TPSA) is 66.4 Å². The second-order valence-corrected chi connectivity index (χ2v) is 5.52. The molecule has 1 atom stereocenters.